The normalized spacial score (nSPS) is 20.2. The van der Waals surface area contributed by atoms with E-state index >= 15 is 0 Å². The van der Waals surface area contributed by atoms with Crippen LogP contribution >= 0.6 is 22.6 Å². The number of amides is 1. The van der Waals surface area contributed by atoms with E-state index in [1.807, 2.05) is 24.3 Å². The lowest BCUT2D eigenvalue weighted by atomic mass is 10.2. The summed E-state index contributed by atoms with van der Waals surface area (Å²) >= 11 is 2.20. The first-order chi connectivity index (χ1) is 7.27. The molecule has 1 amide bonds. The van der Waals surface area contributed by atoms with E-state index in [9.17, 15) is 4.79 Å². The van der Waals surface area contributed by atoms with Gasteiger partial charge in [-0.25, -0.2) is 0 Å². The Kier molecular flexibility index (Phi) is 3.58. The smallest absolute Gasteiger partial charge is 0.253 e. The highest BCUT2D eigenvalue weighted by Crippen LogP contribution is 2.19. The molecule has 1 aromatic carbocycles. The minimum atomic E-state index is -0.263. The van der Waals surface area contributed by atoms with Crippen molar-refractivity contribution in [1.29, 1.82) is 0 Å². The van der Waals surface area contributed by atoms with Crippen molar-refractivity contribution in [2.45, 2.75) is 18.9 Å². The van der Waals surface area contributed by atoms with E-state index in [0.717, 1.165) is 22.1 Å². The number of carbonyl (C=O) groups excluding carboxylic acids is 1. The van der Waals surface area contributed by atoms with Crippen LogP contribution in [0.25, 0.3) is 0 Å². The molecule has 1 aromatic rings. The van der Waals surface area contributed by atoms with Gasteiger partial charge in [0.1, 0.15) is 6.10 Å². The molecular weight excluding hydrogens is 305 g/mol. The van der Waals surface area contributed by atoms with Gasteiger partial charge >= 0.3 is 0 Å². The Morgan fingerprint density at radius 1 is 1.47 bits per heavy atom. The molecule has 0 spiro atoms. The van der Waals surface area contributed by atoms with E-state index in [1.54, 1.807) is 0 Å². The number of ether oxygens (including phenoxy) is 1. The Balaban J connectivity index is 2.02. The highest BCUT2D eigenvalue weighted by molar-refractivity contribution is 14.1. The lowest BCUT2D eigenvalue weighted by molar-refractivity contribution is -0.124. The predicted molar refractivity (Wildman–Crippen MR) is 66.8 cm³/mol. The number of anilines is 1. The van der Waals surface area contributed by atoms with Crippen molar-refractivity contribution >= 4 is 34.2 Å². The molecule has 2 rings (SSSR count). The van der Waals surface area contributed by atoms with Gasteiger partial charge in [0.25, 0.3) is 5.91 Å². The third-order valence-electron chi connectivity index (χ3n) is 2.35. The van der Waals surface area contributed by atoms with Gasteiger partial charge in [-0.1, -0.05) is 12.1 Å². The summed E-state index contributed by atoms with van der Waals surface area (Å²) < 4.78 is 6.36. The summed E-state index contributed by atoms with van der Waals surface area (Å²) in [5.41, 5.74) is 0.860. The summed E-state index contributed by atoms with van der Waals surface area (Å²) in [4.78, 5) is 11.7. The monoisotopic (exact) mass is 317 g/mol. The molecule has 1 N–H and O–H groups in total. The molecule has 1 atom stereocenters. The summed E-state index contributed by atoms with van der Waals surface area (Å²) in [5.74, 6) is -0.0309. The molecule has 15 heavy (non-hydrogen) atoms. The lowest BCUT2D eigenvalue weighted by Gasteiger charge is -2.11. The summed E-state index contributed by atoms with van der Waals surface area (Å²) in [6, 6.07) is 7.72. The van der Waals surface area contributed by atoms with Crippen molar-refractivity contribution in [3.63, 3.8) is 0 Å². The molecular formula is C11H12INO2. The maximum absolute atomic E-state index is 11.7. The molecule has 3 nitrogen and oxygen atoms in total. The fraction of sp³-hybridized carbons (Fsp3) is 0.364. The molecule has 1 fully saturated rings. The van der Waals surface area contributed by atoms with Crippen molar-refractivity contribution in [2.24, 2.45) is 0 Å². The second-order valence-electron chi connectivity index (χ2n) is 3.47. The van der Waals surface area contributed by atoms with Crippen LogP contribution in [0.1, 0.15) is 12.8 Å². The van der Waals surface area contributed by atoms with Crippen molar-refractivity contribution in [3.8, 4) is 0 Å². The maximum Gasteiger partial charge on any atom is 0.253 e. The first-order valence-electron chi connectivity index (χ1n) is 4.94. The molecule has 1 aliphatic rings. The van der Waals surface area contributed by atoms with Crippen molar-refractivity contribution in [3.05, 3.63) is 27.8 Å². The van der Waals surface area contributed by atoms with E-state index in [1.165, 1.54) is 0 Å². The Morgan fingerprint density at radius 2 is 2.27 bits per heavy atom. The zero-order valence-corrected chi connectivity index (χ0v) is 10.4. The van der Waals surface area contributed by atoms with Gasteiger partial charge in [0, 0.05) is 10.2 Å². The van der Waals surface area contributed by atoms with Gasteiger partial charge in [0.05, 0.1) is 5.69 Å². The SMILES string of the molecule is O=C(Nc1ccccc1I)[C@H]1CCCO1. The molecule has 80 valence electrons. The van der Waals surface area contributed by atoms with Crippen molar-refractivity contribution in [2.75, 3.05) is 11.9 Å². The van der Waals surface area contributed by atoms with Gasteiger partial charge in [0.2, 0.25) is 0 Å². The average Bonchev–Trinajstić information content (AvgIpc) is 2.74. The van der Waals surface area contributed by atoms with E-state index in [4.69, 9.17) is 4.74 Å². The van der Waals surface area contributed by atoms with Crippen LogP contribution < -0.4 is 5.32 Å². The molecule has 4 heteroatoms. The Morgan fingerprint density at radius 3 is 2.93 bits per heavy atom. The van der Waals surface area contributed by atoms with Gasteiger partial charge in [-0.2, -0.15) is 0 Å². The highest BCUT2D eigenvalue weighted by atomic mass is 127. The zero-order chi connectivity index (χ0) is 10.7. The number of hydrogen-bond acceptors (Lipinski definition) is 2. The van der Waals surface area contributed by atoms with Crippen LogP contribution in [0.3, 0.4) is 0 Å². The molecule has 0 saturated carbocycles. The molecule has 1 aliphatic heterocycles. The van der Waals surface area contributed by atoms with Crippen LogP contribution in [0.15, 0.2) is 24.3 Å². The van der Waals surface area contributed by atoms with Gasteiger partial charge < -0.3 is 10.1 Å². The third-order valence-corrected chi connectivity index (χ3v) is 3.29. The third kappa shape index (κ3) is 2.69. The molecule has 0 radical (unpaired) electrons. The molecule has 0 aliphatic carbocycles. The standard InChI is InChI=1S/C11H12INO2/c12-8-4-1-2-5-9(8)13-11(14)10-6-3-7-15-10/h1-2,4-5,10H,3,6-7H2,(H,13,14)/t10-/m1/s1. The summed E-state index contributed by atoms with van der Waals surface area (Å²) in [5, 5.41) is 2.88. The number of para-hydroxylation sites is 1. The maximum atomic E-state index is 11.7. The van der Waals surface area contributed by atoms with Gasteiger partial charge in [0.15, 0.2) is 0 Å². The van der Waals surface area contributed by atoms with Gasteiger partial charge in [-0.3, -0.25) is 4.79 Å². The first kappa shape index (κ1) is 10.9. The number of carbonyl (C=O) groups is 1. The Bertz CT molecular complexity index is 361. The number of rotatable bonds is 2. The van der Waals surface area contributed by atoms with E-state index in [0.29, 0.717) is 6.61 Å². The highest BCUT2D eigenvalue weighted by Gasteiger charge is 2.23. The second-order valence-corrected chi connectivity index (χ2v) is 4.63. The first-order valence-corrected chi connectivity index (χ1v) is 6.02. The number of benzene rings is 1. The molecule has 1 heterocycles. The second kappa shape index (κ2) is 4.94. The number of nitrogens with one attached hydrogen (secondary N) is 1. The lowest BCUT2D eigenvalue weighted by Crippen LogP contribution is -2.27. The van der Waals surface area contributed by atoms with Crippen LogP contribution in [0.5, 0.6) is 0 Å². The minimum Gasteiger partial charge on any atom is -0.368 e. The quantitative estimate of drug-likeness (QED) is 0.851. The van der Waals surface area contributed by atoms with Gasteiger partial charge in [-0.15, -0.1) is 0 Å². The molecule has 0 bridgehead atoms. The zero-order valence-electron chi connectivity index (χ0n) is 8.20. The van der Waals surface area contributed by atoms with E-state index < -0.39 is 0 Å². The fourth-order valence-corrected chi connectivity index (χ4v) is 2.08. The van der Waals surface area contributed by atoms with E-state index in [-0.39, 0.29) is 12.0 Å². The minimum absolute atomic E-state index is 0.0309. The predicted octanol–water partition coefficient (Wildman–Crippen LogP) is 2.41. The van der Waals surface area contributed by atoms with Crippen LogP contribution in [-0.2, 0) is 9.53 Å². The number of halogens is 1. The number of hydrogen-bond donors (Lipinski definition) is 1. The van der Waals surface area contributed by atoms with Crippen molar-refractivity contribution in [1.82, 2.24) is 0 Å². The average molecular weight is 317 g/mol. The summed E-state index contributed by atoms with van der Waals surface area (Å²) in [6.45, 7) is 0.698. The van der Waals surface area contributed by atoms with Crippen LogP contribution in [-0.4, -0.2) is 18.6 Å². The summed E-state index contributed by atoms with van der Waals surface area (Å²) in [7, 11) is 0. The van der Waals surface area contributed by atoms with E-state index in [2.05, 4.69) is 27.9 Å². The van der Waals surface area contributed by atoms with Crippen LogP contribution in [0.2, 0.25) is 0 Å². The van der Waals surface area contributed by atoms with Crippen molar-refractivity contribution < 1.29 is 9.53 Å². The largest absolute Gasteiger partial charge is 0.368 e. The van der Waals surface area contributed by atoms with Crippen LogP contribution in [0, 0.1) is 3.57 Å². The summed E-state index contributed by atoms with van der Waals surface area (Å²) in [6.07, 6.45) is 1.54. The molecule has 1 saturated heterocycles. The molecule has 0 unspecified atom stereocenters. The fourth-order valence-electron chi connectivity index (χ4n) is 1.56. The topological polar surface area (TPSA) is 38.3 Å². The molecule has 0 aromatic heterocycles. The Labute approximate surface area is 102 Å². The van der Waals surface area contributed by atoms with Crippen LogP contribution in [0.4, 0.5) is 5.69 Å². The van der Waals surface area contributed by atoms with Gasteiger partial charge in [-0.05, 0) is 47.6 Å². The Hall–Kier alpha value is -0.620.